The molecule has 0 saturated carbocycles. The number of hydrogen-bond donors (Lipinski definition) is 0. The van der Waals surface area contributed by atoms with Crippen LogP contribution in [0.4, 0.5) is 0 Å². The molecular weight excluding hydrogens is 376 g/mol. The topological polar surface area (TPSA) is 0 Å². The van der Waals surface area contributed by atoms with Crippen LogP contribution in [0, 0.1) is 11.8 Å². The zero-order chi connectivity index (χ0) is 21.4. The molecule has 0 aliphatic heterocycles. The molecule has 0 amide bonds. The van der Waals surface area contributed by atoms with Crippen molar-refractivity contribution in [2.75, 3.05) is 11.5 Å². The highest BCUT2D eigenvalue weighted by Crippen LogP contribution is 2.32. The van der Waals surface area contributed by atoms with Gasteiger partial charge in [-0.05, 0) is 109 Å². The molecule has 0 aliphatic carbocycles. The highest BCUT2D eigenvalue weighted by Gasteiger charge is 2.12. The number of hydrogen-bond acceptors (Lipinski definition) is 2. The molecular formula is C26H48S2. The van der Waals surface area contributed by atoms with E-state index in [0.29, 0.717) is 0 Å². The molecule has 0 rings (SSSR count). The van der Waals surface area contributed by atoms with Crippen molar-refractivity contribution >= 4 is 23.5 Å². The van der Waals surface area contributed by atoms with Crippen molar-refractivity contribution in [2.45, 2.75) is 104 Å². The van der Waals surface area contributed by atoms with Gasteiger partial charge >= 0.3 is 0 Å². The van der Waals surface area contributed by atoms with Crippen molar-refractivity contribution in [1.82, 2.24) is 0 Å². The summed E-state index contributed by atoms with van der Waals surface area (Å²) in [6, 6.07) is 0. The Morgan fingerprint density at radius 3 is 1.50 bits per heavy atom. The summed E-state index contributed by atoms with van der Waals surface area (Å²) >= 11 is 4.40. The van der Waals surface area contributed by atoms with Gasteiger partial charge in [0, 0.05) is 0 Å². The van der Waals surface area contributed by atoms with E-state index in [2.05, 4.69) is 90.7 Å². The minimum Gasteiger partial charge on any atom is -0.148 e. The smallest absolute Gasteiger partial charge is 0.0505 e. The third-order valence-corrected chi connectivity index (χ3v) is 8.03. The molecule has 0 saturated heterocycles. The summed E-state index contributed by atoms with van der Waals surface area (Å²) in [5.41, 5.74) is 4.23. The van der Waals surface area contributed by atoms with Crippen LogP contribution in [0.1, 0.15) is 99.8 Å². The molecule has 0 spiro atoms. The summed E-state index contributed by atoms with van der Waals surface area (Å²) in [5, 5.41) is 0. The Kier molecular flexibility index (Phi) is 17.7. The molecule has 0 aliphatic rings. The molecule has 2 unspecified atom stereocenters. The molecule has 0 N–H and O–H groups in total. The van der Waals surface area contributed by atoms with Crippen LogP contribution < -0.4 is 0 Å². The summed E-state index contributed by atoms with van der Waals surface area (Å²) in [6.45, 7) is 19.9. The molecule has 0 bridgehead atoms. The minimum absolute atomic E-state index is 0.742. The van der Waals surface area contributed by atoms with Gasteiger partial charge in [0.15, 0.2) is 0 Å². The van der Waals surface area contributed by atoms with Gasteiger partial charge < -0.3 is 0 Å². The number of rotatable bonds is 17. The molecule has 164 valence electrons. The molecule has 2 atom stereocenters. The summed E-state index contributed by atoms with van der Waals surface area (Å²) in [6.07, 6.45) is 15.1. The summed E-state index contributed by atoms with van der Waals surface area (Å²) in [7, 11) is 0. The van der Waals surface area contributed by atoms with Crippen molar-refractivity contribution in [1.29, 1.82) is 0 Å². The summed E-state index contributed by atoms with van der Waals surface area (Å²) < 4.78 is 0.742. The summed E-state index contributed by atoms with van der Waals surface area (Å²) in [4.78, 5) is 0. The Labute approximate surface area is 186 Å². The van der Waals surface area contributed by atoms with E-state index >= 15 is 0 Å². The normalized spacial score (nSPS) is 14.2. The van der Waals surface area contributed by atoms with Crippen molar-refractivity contribution in [3.8, 4) is 0 Å². The zero-order valence-corrected chi connectivity index (χ0v) is 21.6. The fourth-order valence-corrected chi connectivity index (χ4v) is 6.12. The maximum absolute atomic E-state index is 4.11. The van der Waals surface area contributed by atoms with Crippen molar-refractivity contribution in [2.24, 2.45) is 11.8 Å². The fraction of sp³-hybridized carbons (Fsp3) is 0.769. The molecule has 0 aromatic rings. The van der Waals surface area contributed by atoms with Crippen LogP contribution in [0.15, 0.2) is 35.5 Å². The van der Waals surface area contributed by atoms with Crippen molar-refractivity contribution in [3.63, 3.8) is 0 Å². The molecule has 0 heterocycles. The highest BCUT2D eigenvalue weighted by atomic mass is 32.2. The van der Waals surface area contributed by atoms with E-state index in [1.54, 1.807) is 0 Å². The van der Waals surface area contributed by atoms with E-state index in [1.807, 2.05) is 0 Å². The lowest BCUT2D eigenvalue weighted by molar-refractivity contribution is 0.524. The second-order valence-corrected chi connectivity index (χ2v) is 12.1. The second-order valence-electron chi connectivity index (χ2n) is 9.17. The van der Waals surface area contributed by atoms with Gasteiger partial charge in [-0.25, -0.2) is 0 Å². The molecule has 0 aromatic carbocycles. The Hall–Kier alpha value is -0.0800. The first-order valence-electron chi connectivity index (χ1n) is 11.3. The molecule has 2 heteroatoms. The molecule has 0 nitrogen and oxygen atoms in total. The van der Waals surface area contributed by atoms with Gasteiger partial charge in [0.2, 0.25) is 0 Å². The molecule has 28 heavy (non-hydrogen) atoms. The van der Waals surface area contributed by atoms with Crippen LogP contribution in [-0.2, 0) is 0 Å². The van der Waals surface area contributed by atoms with Gasteiger partial charge in [0.1, 0.15) is 0 Å². The average molecular weight is 425 g/mol. The Morgan fingerprint density at radius 1 is 0.714 bits per heavy atom. The van der Waals surface area contributed by atoms with E-state index in [4.69, 9.17) is 0 Å². The summed E-state index contributed by atoms with van der Waals surface area (Å²) in [5.74, 6) is 4.29. The first-order valence-corrected chi connectivity index (χ1v) is 13.4. The quantitative estimate of drug-likeness (QED) is 0.168. The van der Waals surface area contributed by atoms with Crippen LogP contribution in [-0.4, -0.2) is 16.1 Å². The maximum atomic E-state index is 4.11. The molecule has 0 aromatic heterocycles. The van der Waals surface area contributed by atoms with Crippen LogP contribution in [0.5, 0.6) is 0 Å². The van der Waals surface area contributed by atoms with Gasteiger partial charge in [0.25, 0.3) is 0 Å². The maximum Gasteiger partial charge on any atom is 0.0505 e. The lowest BCUT2D eigenvalue weighted by atomic mass is 10.0. The van der Waals surface area contributed by atoms with Crippen LogP contribution in [0.3, 0.4) is 0 Å². The minimum atomic E-state index is 0.742. The van der Waals surface area contributed by atoms with Crippen molar-refractivity contribution < 1.29 is 0 Å². The van der Waals surface area contributed by atoms with E-state index < -0.39 is 0 Å². The highest BCUT2D eigenvalue weighted by molar-refractivity contribution is 8.17. The Morgan fingerprint density at radius 2 is 1.14 bits per heavy atom. The Bertz CT molecular complexity index is 419. The predicted octanol–water partition coefficient (Wildman–Crippen LogP) is 9.68. The third-order valence-electron chi connectivity index (χ3n) is 5.06. The van der Waals surface area contributed by atoms with Crippen LogP contribution >= 0.6 is 23.5 Å². The second kappa shape index (κ2) is 17.8. The third kappa shape index (κ3) is 19.2. The lowest BCUT2D eigenvalue weighted by Gasteiger charge is -2.19. The van der Waals surface area contributed by atoms with Crippen LogP contribution in [0.25, 0.3) is 0 Å². The van der Waals surface area contributed by atoms with E-state index in [1.165, 1.54) is 79.6 Å². The Balaban J connectivity index is 4.15. The van der Waals surface area contributed by atoms with E-state index in [0.717, 1.165) is 16.4 Å². The molecule has 0 fully saturated rings. The lowest BCUT2D eigenvalue weighted by Crippen LogP contribution is -2.05. The number of allylic oxidation sites excluding steroid dienone is 5. The van der Waals surface area contributed by atoms with E-state index in [-0.39, 0.29) is 0 Å². The van der Waals surface area contributed by atoms with Gasteiger partial charge in [-0.15, -0.1) is 30.1 Å². The SMILES string of the molecule is C=C(C)CCC(SCCC(C)CCC=C(C)C)SCCC(C)CCC=C(C)C. The fourth-order valence-electron chi connectivity index (χ4n) is 2.98. The monoisotopic (exact) mass is 424 g/mol. The van der Waals surface area contributed by atoms with Gasteiger partial charge in [-0.3, -0.25) is 0 Å². The van der Waals surface area contributed by atoms with Gasteiger partial charge in [0.05, 0.1) is 4.58 Å². The average Bonchev–Trinajstić information content (AvgIpc) is 2.58. The first kappa shape index (κ1) is 27.9. The standard InChI is InChI=1S/C26H48S2/c1-21(2)11-9-13-24(7)17-19-27-26(16-15-23(5)6)28-20-18-25(8)14-10-12-22(3)4/h11-12,24-26H,5,9-10,13-20H2,1-4,6-8H3. The number of thioether (sulfide) groups is 2. The predicted molar refractivity (Wildman–Crippen MR) is 138 cm³/mol. The first-order chi connectivity index (χ1) is 13.2. The van der Waals surface area contributed by atoms with Gasteiger partial charge in [-0.2, -0.15) is 0 Å². The van der Waals surface area contributed by atoms with Crippen LogP contribution in [0.2, 0.25) is 0 Å². The molecule has 0 radical (unpaired) electrons. The van der Waals surface area contributed by atoms with E-state index in [9.17, 15) is 0 Å². The van der Waals surface area contributed by atoms with Crippen molar-refractivity contribution in [3.05, 3.63) is 35.5 Å². The van der Waals surface area contributed by atoms with Gasteiger partial charge in [-0.1, -0.05) is 42.7 Å². The largest absolute Gasteiger partial charge is 0.148 e. The zero-order valence-electron chi connectivity index (χ0n) is 20.0.